The maximum Gasteiger partial charge on any atom is 0.322 e. The van der Waals surface area contributed by atoms with Crippen LogP contribution in [0.3, 0.4) is 0 Å². The minimum absolute atomic E-state index is 0.0164. The molecule has 94 valence electrons. The number of anilines is 1. The summed E-state index contributed by atoms with van der Waals surface area (Å²) in [6, 6.07) is 6.21. The number of carboxylic acid groups (broad SMARTS) is 1. The molecule has 0 amide bonds. The number of carbonyl (C=O) groups is 1. The van der Waals surface area contributed by atoms with E-state index in [1.807, 2.05) is 0 Å². The van der Waals surface area contributed by atoms with Crippen molar-refractivity contribution in [1.29, 1.82) is 0 Å². The molecule has 0 fully saturated rings. The zero-order chi connectivity index (χ0) is 12.7. The number of aliphatic carboxylic acids is 1. The van der Waals surface area contributed by atoms with Gasteiger partial charge in [0.15, 0.2) is 0 Å². The van der Waals surface area contributed by atoms with Crippen LogP contribution in [-0.4, -0.2) is 17.6 Å². The average molecular weight is 235 g/mol. The highest BCUT2D eigenvalue weighted by atomic mass is 16.4. The number of hydrogen-bond acceptors (Lipinski definition) is 2. The second kappa shape index (κ2) is 6.94. The van der Waals surface area contributed by atoms with E-state index in [1.165, 1.54) is 11.1 Å². The molecule has 3 heteroatoms. The fourth-order valence-corrected chi connectivity index (χ4v) is 2.00. The predicted octanol–water partition coefficient (Wildman–Crippen LogP) is 3.09. The lowest BCUT2D eigenvalue weighted by Gasteiger charge is -2.15. The van der Waals surface area contributed by atoms with Gasteiger partial charge in [-0.25, -0.2) is 0 Å². The lowest BCUT2D eigenvalue weighted by atomic mass is 10.00. The SMILES string of the molecule is CCCc1cccc(CCC)c1NCC(=O)O. The summed E-state index contributed by atoms with van der Waals surface area (Å²) in [5.41, 5.74) is 3.47. The van der Waals surface area contributed by atoms with Crippen LogP contribution in [0, 0.1) is 0 Å². The third kappa shape index (κ3) is 4.10. The summed E-state index contributed by atoms with van der Waals surface area (Å²) < 4.78 is 0. The molecule has 0 spiro atoms. The molecule has 0 saturated heterocycles. The van der Waals surface area contributed by atoms with Gasteiger partial charge in [0.1, 0.15) is 6.54 Å². The van der Waals surface area contributed by atoms with Crippen LogP contribution < -0.4 is 5.32 Å². The molecule has 17 heavy (non-hydrogen) atoms. The van der Waals surface area contributed by atoms with E-state index in [2.05, 4.69) is 37.4 Å². The molecule has 0 bridgehead atoms. The Bertz CT molecular complexity index is 350. The minimum atomic E-state index is -0.821. The van der Waals surface area contributed by atoms with Crippen molar-refractivity contribution in [3.8, 4) is 0 Å². The van der Waals surface area contributed by atoms with Gasteiger partial charge in [0.2, 0.25) is 0 Å². The number of hydrogen-bond donors (Lipinski definition) is 2. The number of nitrogens with one attached hydrogen (secondary N) is 1. The molecule has 0 aromatic heterocycles. The van der Waals surface area contributed by atoms with Gasteiger partial charge in [0.05, 0.1) is 0 Å². The van der Waals surface area contributed by atoms with Gasteiger partial charge in [-0.3, -0.25) is 4.79 Å². The zero-order valence-electron chi connectivity index (χ0n) is 10.6. The summed E-state index contributed by atoms with van der Waals surface area (Å²) in [5.74, 6) is -0.821. The van der Waals surface area contributed by atoms with E-state index in [1.54, 1.807) is 0 Å². The van der Waals surface area contributed by atoms with Crippen LogP contribution >= 0.6 is 0 Å². The highest BCUT2D eigenvalue weighted by Crippen LogP contribution is 2.23. The first-order valence-corrected chi connectivity index (χ1v) is 6.25. The first-order valence-electron chi connectivity index (χ1n) is 6.25. The third-order valence-corrected chi connectivity index (χ3v) is 2.69. The Morgan fingerprint density at radius 2 is 1.71 bits per heavy atom. The average Bonchev–Trinajstić information content (AvgIpc) is 2.29. The van der Waals surface area contributed by atoms with Crippen molar-refractivity contribution in [3.63, 3.8) is 0 Å². The van der Waals surface area contributed by atoms with Crippen molar-refractivity contribution in [3.05, 3.63) is 29.3 Å². The largest absolute Gasteiger partial charge is 0.480 e. The van der Waals surface area contributed by atoms with Gasteiger partial charge >= 0.3 is 5.97 Å². The van der Waals surface area contributed by atoms with Gasteiger partial charge in [-0.2, -0.15) is 0 Å². The van der Waals surface area contributed by atoms with E-state index < -0.39 is 5.97 Å². The van der Waals surface area contributed by atoms with Gasteiger partial charge in [0.25, 0.3) is 0 Å². The van der Waals surface area contributed by atoms with Crippen molar-refractivity contribution >= 4 is 11.7 Å². The monoisotopic (exact) mass is 235 g/mol. The summed E-state index contributed by atoms with van der Waals surface area (Å²) in [6.07, 6.45) is 4.10. The van der Waals surface area contributed by atoms with Crippen molar-refractivity contribution in [2.24, 2.45) is 0 Å². The highest BCUT2D eigenvalue weighted by molar-refractivity contribution is 5.74. The highest BCUT2D eigenvalue weighted by Gasteiger charge is 2.08. The molecule has 0 aliphatic carbocycles. The lowest BCUT2D eigenvalue weighted by molar-refractivity contribution is -0.134. The van der Waals surface area contributed by atoms with E-state index in [4.69, 9.17) is 5.11 Å². The molecule has 0 aliphatic heterocycles. The van der Waals surface area contributed by atoms with Crippen molar-refractivity contribution < 1.29 is 9.90 Å². The Balaban J connectivity index is 2.95. The number of carboxylic acids is 1. The fourth-order valence-electron chi connectivity index (χ4n) is 2.00. The standard InChI is InChI=1S/C14H21NO2/c1-3-6-11-8-5-9-12(7-4-2)14(11)15-10-13(16)17/h5,8-9,15H,3-4,6-7,10H2,1-2H3,(H,16,17). The van der Waals surface area contributed by atoms with E-state index >= 15 is 0 Å². The Hall–Kier alpha value is -1.51. The van der Waals surface area contributed by atoms with Gasteiger partial charge in [-0.05, 0) is 24.0 Å². The summed E-state index contributed by atoms with van der Waals surface area (Å²) in [4.78, 5) is 10.6. The lowest BCUT2D eigenvalue weighted by Crippen LogP contribution is -2.15. The van der Waals surface area contributed by atoms with E-state index in [9.17, 15) is 4.79 Å². The topological polar surface area (TPSA) is 49.3 Å². The van der Waals surface area contributed by atoms with Gasteiger partial charge in [-0.15, -0.1) is 0 Å². The molecule has 0 unspecified atom stereocenters. The maximum atomic E-state index is 10.6. The van der Waals surface area contributed by atoms with Crippen molar-refractivity contribution in [2.75, 3.05) is 11.9 Å². The summed E-state index contributed by atoms with van der Waals surface area (Å²) in [7, 11) is 0. The number of para-hydroxylation sites is 1. The van der Waals surface area contributed by atoms with Crippen LogP contribution in [0.15, 0.2) is 18.2 Å². The number of rotatable bonds is 7. The third-order valence-electron chi connectivity index (χ3n) is 2.69. The number of aryl methyl sites for hydroxylation is 2. The second-order valence-corrected chi connectivity index (χ2v) is 4.20. The Morgan fingerprint density at radius 3 is 2.12 bits per heavy atom. The van der Waals surface area contributed by atoms with E-state index in [0.717, 1.165) is 31.4 Å². The molecule has 0 heterocycles. The summed E-state index contributed by atoms with van der Waals surface area (Å²) >= 11 is 0. The zero-order valence-corrected chi connectivity index (χ0v) is 10.6. The normalized spacial score (nSPS) is 10.2. The smallest absolute Gasteiger partial charge is 0.322 e. The molecular weight excluding hydrogens is 214 g/mol. The predicted molar refractivity (Wildman–Crippen MR) is 70.6 cm³/mol. The molecule has 1 aromatic carbocycles. The summed E-state index contributed by atoms with van der Waals surface area (Å²) in [5, 5.41) is 11.8. The van der Waals surface area contributed by atoms with E-state index in [0.29, 0.717) is 0 Å². The van der Waals surface area contributed by atoms with Crippen LogP contribution in [0.2, 0.25) is 0 Å². The van der Waals surface area contributed by atoms with Crippen LogP contribution in [0.4, 0.5) is 5.69 Å². The van der Waals surface area contributed by atoms with Crippen molar-refractivity contribution in [2.45, 2.75) is 39.5 Å². The van der Waals surface area contributed by atoms with E-state index in [-0.39, 0.29) is 6.54 Å². The first kappa shape index (κ1) is 13.6. The minimum Gasteiger partial charge on any atom is -0.480 e. The Kier molecular flexibility index (Phi) is 5.53. The second-order valence-electron chi connectivity index (χ2n) is 4.20. The molecule has 0 aliphatic rings. The van der Waals surface area contributed by atoms with Gasteiger partial charge in [-0.1, -0.05) is 44.9 Å². The molecule has 1 rings (SSSR count). The summed E-state index contributed by atoms with van der Waals surface area (Å²) in [6.45, 7) is 4.25. The van der Waals surface area contributed by atoms with Gasteiger partial charge in [0, 0.05) is 5.69 Å². The maximum absolute atomic E-state index is 10.6. The molecule has 0 radical (unpaired) electrons. The van der Waals surface area contributed by atoms with Crippen LogP contribution in [0.25, 0.3) is 0 Å². The van der Waals surface area contributed by atoms with Gasteiger partial charge < -0.3 is 10.4 Å². The molecule has 1 aromatic rings. The molecule has 0 atom stereocenters. The fraction of sp³-hybridized carbons (Fsp3) is 0.500. The Labute approximate surface area is 103 Å². The number of benzene rings is 1. The first-order chi connectivity index (χ1) is 8.19. The molecule has 3 nitrogen and oxygen atoms in total. The van der Waals surface area contributed by atoms with Crippen LogP contribution in [0.5, 0.6) is 0 Å². The quantitative estimate of drug-likeness (QED) is 0.763. The Morgan fingerprint density at radius 1 is 1.18 bits per heavy atom. The van der Waals surface area contributed by atoms with Crippen molar-refractivity contribution in [1.82, 2.24) is 0 Å². The molecule has 2 N–H and O–H groups in total. The van der Waals surface area contributed by atoms with Crippen LogP contribution in [-0.2, 0) is 17.6 Å². The molecular formula is C14H21NO2. The molecule has 0 saturated carbocycles. The van der Waals surface area contributed by atoms with Crippen LogP contribution in [0.1, 0.15) is 37.8 Å².